The Balaban J connectivity index is 1.89. The number of halogens is 1. The van der Waals surface area contributed by atoms with Crippen LogP contribution in [0.1, 0.15) is 35.6 Å². The first-order valence-electron chi connectivity index (χ1n) is 6.34. The SMILES string of the molecule is CC(CC(O)c1ccco1)NC(=O)c1ccc(Cl)cc1. The normalized spacial score (nSPS) is 13.8. The number of hydrogen-bond donors (Lipinski definition) is 2. The Bertz CT molecular complexity index is 551. The van der Waals surface area contributed by atoms with E-state index in [-0.39, 0.29) is 11.9 Å². The summed E-state index contributed by atoms with van der Waals surface area (Å²) in [6.07, 6.45) is 1.16. The molecule has 0 spiro atoms. The van der Waals surface area contributed by atoms with Gasteiger partial charge in [-0.1, -0.05) is 11.6 Å². The van der Waals surface area contributed by atoms with Crippen LogP contribution in [0, 0.1) is 0 Å². The van der Waals surface area contributed by atoms with Crippen LogP contribution < -0.4 is 5.32 Å². The number of amides is 1. The molecular weight excluding hydrogens is 278 g/mol. The molecule has 0 saturated carbocycles. The average molecular weight is 294 g/mol. The Morgan fingerprint density at radius 3 is 2.65 bits per heavy atom. The van der Waals surface area contributed by atoms with Gasteiger partial charge < -0.3 is 14.8 Å². The molecule has 2 rings (SSSR count). The molecule has 1 amide bonds. The summed E-state index contributed by atoms with van der Waals surface area (Å²) in [5.41, 5.74) is 0.536. The molecule has 1 aromatic carbocycles. The molecule has 2 N–H and O–H groups in total. The van der Waals surface area contributed by atoms with Gasteiger partial charge in [-0.2, -0.15) is 0 Å². The third kappa shape index (κ3) is 3.85. The van der Waals surface area contributed by atoms with Crippen LogP contribution in [0.3, 0.4) is 0 Å². The predicted molar refractivity (Wildman–Crippen MR) is 76.7 cm³/mol. The first-order chi connectivity index (χ1) is 9.56. The van der Waals surface area contributed by atoms with Crippen molar-refractivity contribution in [1.29, 1.82) is 0 Å². The van der Waals surface area contributed by atoms with E-state index in [1.807, 2.05) is 6.92 Å². The maximum Gasteiger partial charge on any atom is 0.251 e. The number of rotatable bonds is 5. The molecule has 0 aliphatic rings. The summed E-state index contributed by atoms with van der Waals surface area (Å²) in [5.74, 6) is 0.304. The van der Waals surface area contributed by atoms with Crippen LogP contribution in [-0.4, -0.2) is 17.1 Å². The number of furan rings is 1. The Hall–Kier alpha value is -1.78. The number of benzene rings is 1. The second-order valence-electron chi connectivity index (χ2n) is 4.65. The zero-order chi connectivity index (χ0) is 14.5. The fourth-order valence-corrected chi connectivity index (χ4v) is 2.03. The molecule has 5 heteroatoms. The molecule has 2 atom stereocenters. The minimum absolute atomic E-state index is 0.182. The van der Waals surface area contributed by atoms with E-state index in [4.69, 9.17) is 16.0 Å². The van der Waals surface area contributed by atoms with E-state index in [0.29, 0.717) is 22.8 Å². The number of aliphatic hydroxyl groups excluding tert-OH is 1. The molecular formula is C15H16ClNO3. The van der Waals surface area contributed by atoms with Gasteiger partial charge in [-0.3, -0.25) is 4.79 Å². The van der Waals surface area contributed by atoms with Gasteiger partial charge in [0.1, 0.15) is 11.9 Å². The van der Waals surface area contributed by atoms with Crippen LogP contribution in [0.2, 0.25) is 5.02 Å². The largest absolute Gasteiger partial charge is 0.467 e. The van der Waals surface area contributed by atoms with Crippen LogP contribution >= 0.6 is 11.6 Å². The summed E-state index contributed by atoms with van der Waals surface area (Å²) in [4.78, 5) is 12.0. The van der Waals surface area contributed by atoms with Gasteiger partial charge in [0.25, 0.3) is 5.91 Å². The second kappa shape index (κ2) is 6.59. The third-order valence-electron chi connectivity index (χ3n) is 2.93. The summed E-state index contributed by atoms with van der Waals surface area (Å²) in [6, 6.07) is 9.89. The number of hydrogen-bond acceptors (Lipinski definition) is 3. The molecule has 20 heavy (non-hydrogen) atoms. The molecule has 0 bridgehead atoms. The highest BCUT2D eigenvalue weighted by atomic mass is 35.5. The summed E-state index contributed by atoms with van der Waals surface area (Å²) in [5, 5.41) is 13.3. The van der Waals surface area contributed by atoms with Gasteiger partial charge >= 0.3 is 0 Å². The molecule has 0 saturated heterocycles. The van der Waals surface area contributed by atoms with Crippen molar-refractivity contribution in [2.75, 3.05) is 0 Å². The van der Waals surface area contributed by atoms with E-state index in [1.54, 1.807) is 36.4 Å². The van der Waals surface area contributed by atoms with E-state index in [9.17, 15) is 9.90 Å². The van der Waals surface area contributed by atoms with Crippen LogP contribution in [0.15, 0.2) is 47.1 Å². The molecule has 4 nitrogen and oxygen atoms in total. The maximum atomic E-state index is 12.0. The van der Waals surface area contributed by atoms with Crippen LogP contribution in [-0.2, 0) is 0 Å². The molecule has 106 valence electrons. The van der Waals surface area contributed by atoms with E-state index in [0.717, 1.165) is 0 Å². The average Bonchev–Trinajstić information content (AvgIpc) is 2.93. The fourth-order valence-electron chi connectivity index (χ4n) is 1.90. The van der Waals surface area contributed by atoms with Crippen molar-refractivity contribution >= 4 is 17.5 Å². The quantitative estimate of drug-likeness (QED) is 0.890. The lowest BCUT2D eigenvalue weighted by Gasteiger charge is -2.16. The molecule has 0 aliphatic heterocycles. The number of nitrogens with one attached hydrogen (secondary N) is 1. The van der Waals surface area contributed by atoms with Crippen LogP contribution in [0.25, 0.3) is 0 Å². The molecule has 2 unspecified atom stereocenters. The van der Waals surface area contributed by atoms with Gasteiger partial charge in [-0.15, -0.1) is 0 Å². The zero-order valence-corrected chi connectivity index (χ0v) is 11.8. The van der Waals surface area contributed by atoms with Crippen LogP contribution in [0.4, 0.5) is 0 Å². The van der Waals surface area contributed by atoms with Gasteiger partial charge in [-0.05, 0) is 43.3 Å². The fraction of sp³-hybridized carbons (Fsp3) is 0.267. The molecule has 0 radical (unpaired) electrons. The lowest BCUT2D eigenvalue weighted by Crippen LogP contribution is -2.33. The standard InChI is InChI=1S/C15H16ClNO3/c1-10(9-13(18)14-3-2-8-20-14)17-15(19)11-4-6-12(16)7-5-11/h2-8,10,13,18H,9H2,1H3,(H,17,19). The van der Waals surface area contributed by atoms with E-state index in [1.165, 1.54) is 6.26 Å². The van der Waals surface area contributed by atoms with Gasteiger partial charge in [0.15, 0.2) is 0 Å². The highest BCUT2D eigenvalue weighted by Crippen LogP contribution is 2.18. The van der Waals surface area contributed by atoms with E-state index < -0.39 is 6.10 Å². The highest BCUT2D eigenvalue weighted by Gasteiger charge is 2.16. The Morgan fingerprint density at radius 1 is 1.35 bits per heavy atom. The number of carbonyl (C=O) groups is 1. The molecule has 1 heterocycles. The van der Waals surface area contributed by atoms with Crippen molar-refractivity contribution in [3.05, 3.63) is 59.0 Å². The first kappa shape index (κ1) is 14.6. The van der Waals surface area contributed by atoms with E-state index in [2.05, 4.69) is 5.32 Å². The minimum Gasteiger partial charge on any atom is -0.467 e. The molecule has 0 fully saturated rings. The van der Waals surface area contributed by atoms with Crippen molar-refractivity contribution < 1.29 is 14.3 Å². The Kier molecular flexibility index (Phi) is 4.82. The van der Waals surface area contributed by atoms with Gasteiger partial charge in [0, 0.05) is 23.0 Å². The van der Waals surface area contributed by atoms with E-state index >= 15 is 0 Å². The van der Waals surface area contributed by atoms with Crippen LogP contribution in [0.5, 0.6) is 0 Å². The second-order valence-corrected chi connectivity index (χ2v) is 5.08. The van der Waals surface area contributed by atoms with Crippen molar-refractivity contribution in [2.45, 2.75) is 25.5 Å². The lowest BCUT2D eigenvalue weighted by atomic mass is 10.1. The monoisotopic (exact) mass is 293 g/mol. The highest BCUT2D eigenvalue weighted by molar-refractivity contribution is 6.30. The predicted octanol–water partition coefficient (Wildman–Crippen LogP) is 3.18. The summed E-state index contributed by atoms with van der Waals surface area (Å²) in [6.45, 7) is 1.83. The first-order valence-corrected chi connectivity index (χ1v) is 6.72. The maximum absolute atomic E-state index is 12.0. The van der Waals surface area contributed by atoms with Crippen molar-refractivity contribution in [1.82, 2.24) is 5.32 Å². The van der Waals surface area contributed by atoms with Crippen molar-refractivity contribution in [2.24, 2.45) is 0 Å². The molecule has 0 aliphatic carbocycles. The molecule has 2 aromatic rings. The number of carbonyl (C=O) groups excluding carboxylic acids is 1. The smallest absolute Gasteiger partial charge is 0.251 e. The van der Waals surface area contributed by atoms with Crippen molar-refractivity contribution in [3.63, 3.8) is 0 Å². The lowest BCUT2D eigenvalue weighted by molar-refractivity contribution is 0.0903. The van der Waals surface area contributed by atoms with Gasteiger partial charge in [-0.25, -0.2) is 0 Å². The Labute approximate surface area is 122 Å². The summed E-state index contributed by atoms with van der Waals surface area (Å²) in [7, 11) is 0. The minimum atomic E-state index is -0.731. The van der Waals surface area contributed by atoms with Gasteiger partial charge in [0.05, 0.1) is 6.26 Å². The zero-order valence-electron chi connectivity index (χ0n) is 11.0. The summed E-state index contributed by atoms with van der Waals surface area (Å²) < 4.78 is 5.12. The number of aliphatic hydroxyl groups is 1. The Morgan fingerprint density at radius 2 is 2.05 bits per heavy atom. The topological polar surface area (TPSA) is 62.5 Å². The van der Waals surface area contributed by atoms with Crippen molar-refractivity contribution in [3.8, 4) is 0 Å². The molecule has 1 aromatic heterocycles. The van der Waals surface area contributed by atoms with Gasteiger partial charge in [0.2, 0.25) is 0 Å². The summed E-state index contributed by atoms with van der Waals surface area (Å²) >= 11 is 5.77. The third-order valence-corrected chi connectivity index (χ3v) is 3.18.